The zero-order valence-electron chi connectivity index (χ0n) is 22.1. The van der Waals surface area contributed by atoms with Crippen molar-refractivity contribution in [2.24, 2.45) is 5.41 Å². The maximum Gasteiger partial charge on any atom is 0.319 e. The van der Waals surface area contributed by atoms with Crippen molar-refractivity contribution in [2.75, 3.05) is 38.2 Å². The Morgan fingerprint density at radius 2 is 1.79 bits per heavy atom. The van der Waals surface area contributed by atoms with Crippen molar-refractivity contribution in [1.82, 2.24) is 15.3 Å². The third-order valence-corrected chi connectivity index (χ3v) is 8.18. The van der Waals surface area contributed by atoms with Gasteiger partial charge in [-0.25, -0.2) is 8.78 Å². The molecule has 0 amide bonds. The van der Waals surface area contributed by atoms with E-state index in [0.29, 0.717) is 35.1 Å². The van der Waals surface area contributed by atoms with Crippen LogP contribution in [0.2, 0.25) is 0 Å². The summed E-state index contributed by atoms with van der Waals surface area (Å²) >= 11 is 0. The van der Waals surface area contributed by atoms with Gasteiger partial charge in [-0.2, -0.15) is 9.97 Å². The first-order chi connectivity index (χ1) is 18.5. The van der Waals surface area contributed by atoms with E-state index in [-0.39, 0.29) is 22.8 Å². The van der Waals surface area contributed by atoms with E-state index in [1.165, 1.54) is 12.5 Å². The van der Waals surface area contributed by atoms with Gasteiger partial charge < -0.3 is 15.0 Å². The molecule has 1 saturated heterocycles. The van der Waals surface area contributed by atoms with E-state index in [2.05, 4.69) is 15.2 Å². The summed E-state index contributed by atoms with van der Waals surface area (Å²) < 4.78 is 37.4. The fourth-order valence-electron chi connectivity index (χ4n) is 5.89. The molecule has 0 radical (unpaired) electrons. The first kappa shape index (κ1) is 25.0. The van der Waals surface area contributed by atoms with Crippen LogP contribution < -0.4 is 15.0 Å². The SMILES string of the molecule is CCc1c(F)ccc2cccc(-c3ccc4c(N5CCCCC5)nc(OCC5(CNC)CC5)nc4c3F)c12. The molecule has 198 valence electrons. The van der Waals surface area contributed by atoms with Gasteiger partial charge in [0.1, 0.15) is 17.2 Å². The lowest BCUT2D eigenvalue weighted by molar-refractivity contribution is 0.216. The van der Waals surface area contributed by atoms with Crippen LogP contribution in [0, 0.1) is 17.0 Å². The number of halogens is 2. The third kappa shape index (κ3) is 4.47. The molecule has 0 unspecified atom stereocenters. The minimum atomic E-state index is -0.428. The Balaban J connectivity index is 1.50. The van der Waals surface area contributed by atoms with Crippen molar-refractivity contribution in [1.29, 1.82) is 0 Å². The van der Waals surface area contributed by atoms with Crippen molar-refractivity contribution in [3.63, 3.8) is 0 Å². The molecule has 0 spiro atoms. The highest BCUT2D eigenvalue weighted by molar-refractivity contribution is 6.02. The summed E-state index contributed by atoms with van der Waals surface area (Å²) in [5, 5.41) is 5.56. The average Bonchev–Trinajstić information content (AvgIpc) is 3.72. The highest BCUT2D eigenvalue weighted by Gasteiger charge is 2.43. The summed E-state index contributed by atoms with van der Waals surface area (Å²) in [6.45, 7) is 5.05. The van der Waals surface area contributed by atoms with Crippen molar-refractivity contribution < 1.29 is 13.5 Å². The Morgan fingerprint density at radius 1 is 0.974 bits per heavy atom. The lowest BCUT2D eigenvalue weighted by atomic mass is 9.92. The molecule has 0 atom stereocenters. The van der Waals surface area contributed by atoms with Crippen LogP contribution in [0.4, 0.5) is 14.6 Å². The van der Waals surface area contributed by atoms with Crippen LogP contribution in [0.15, 0.2) is 42.5 Å². The van der Waals surface area contributed by atoms with Crippen LogP contribution in [0.25, 0.3) is 32.8 Å². The molecule has 3 aromatic carbocycles. The third-order valence-electron chi connectivity index (χ3n) is 8.18. The molecule has 6 rings (SSSR count). The van der Waals surface area contributed by atoms with E-state index in [9.17, 15) is 4.39 Å². The molecule has 1 aromatic heterocycles. The van der Waals surface area contributed by atoms with Gasteiger partial charge in [-0.15, -0.1) is 0 Å². The largest absolute Gasteiger partial charge is 0.463 e. The fourth-order valence-corrected chi connectivity index (χ4v) is 5.89. The summed E-state index contributed by atoms with van der Waals surface area (Å²) in [6, 6.07) is 12.9. The molecule has 2 fully saturated rings. The number of nitrogens with one attached hydrogen (secondary N) is 1. The molecule has 2 aliphatic rings. The molecule has 7 heteroatoms. The number of benzene rings is 3. The zero-order chi connectivity index (χ0) is 26.3. The van der Waals surface area contributed by atoms with Gasteiger partial charge in [0.05, 0.1) is 6.61 Å². The van der Waals surface area contributed by atoms with Gasteiger partial charge in [-0.3, -0.25) is 0 Å². The summed E-state index contributed by atoms with van der Waals surface area (Å²) in [5.74, 6) is 0.0321. The molecule has 1 N–H and O–H groups in total. The Hall–Kier alpha value is -3.32. The number of rotatable bonds is 8. The highest BCUT2D eigenvalue weighted by Crippen LogP contribution is 2.45. The predicted octanol–water partition coefficient (Wildman–Crippen LogP) is 6.66. The minimum Gasteiger partial charge on any atom is -0.463 e. The quantitative estimate of drug-likeness (QED) is 0.284. The minimum absolute atomic E-state index is 0.0995. The molecule has 1 aliphatic carbocycles. The molecule has 38 heavy (non-hydrogen) atoms. The molecule has 2 heterocycles. The number of piperidine rings is 1. The number of ether oxygens (including phenoxy) is 1. The van der Waals surface area contributed by atoms with Crippen LogP contribution in [0.3, 0.4) is 0 Å². The van der Waals surface area contributed by atoms with Crippen LogP contribution in [-0.4, -0.2) is 43.3 Å². The van der Waals surface area contributed by atoms with Gasteiger partial charge in [-0.05, 0) is 79.6 Å². The molecule has 4 aromatic rings. The Morgan fingerprint density at radius 3 is 2.53 bits per heavy atom. The Labute approximate surface area is 222 Å². The summed E-state index contributed by atoms with van der Waals surface area (Å²) in [4.78, 5) is 11.6. The second-order valence-corrected chi connectivity index (χ2v) is 10.8. The molecule has 5 nitrogen and oxygen atoms in total. The van der Waals surface area contributed by atoms with E-state index in [1.807, 2.05) is 38.2 Å². The first-order valence-corrected chi connectivity index (χ1v) is 13.8. The average molecular weight is 517 g/mol. The number of aryl methyl sites for hydroxylation is 1. The van der Waals surface area contributed by atoms with E-state index in [0.717, 1.165) is 61.9 Å². The smallest absolute Gasteiger partial charge is 0.319 e. The number of fused-ring (bicyclic) bond motifs is 2. The monoisotopic (exact) mass is 516 g/mol. The van der Waals surface area contributed by atoms with Crippen LogP contribution in [-0.2, 0) is 6.42 Å². The Kier molecular flexibility index (Phi) is 6.64. The number of hydrogen-bond donors (Lipinski definition) is 1. The number of nitrogens with zero attached hydrogens (tertiary/aromatic N) is 3. The lowest BCUT2D eigenvalue weighted by Gasteiger charge is -2.29. The van der Waals surface area contributed by atoms with Gasteiger partial charge >= 0.3 is 6.01 Å². The highest BCUT2D eigenvalue weighted by atomic mass is 19.1. The fraction of sp³-hybridized carbons (Fsp3) is 0.419. The van der Waals surface area contributed by atoms with E-state index in [4.69, 9.17) is 9.72 Å². The number of aromatic nitrogens is 2. The van der Waals surface area contributed by atoms with Gasteiger partial charge in [0.25, 0.3) is 0 Å². The summed E-state index contributed by atoms with van der Waals surface area (Å²) in [6.07, 6.45) is 6.05. The van der Waals surface area contributed by atoms with E-state index >= 15 is 4.39 Å². The van der Waals surface area contributed by atoms with E-state index < -0.39 is 5.82 Å². The maximum atomic E-state index is 16.5. The van der Waals surface area contributed by atoms with Crippen LogP contribution in [0.5, 0.6) is 6.01 Å². The van der Waals surface area contributed by atoms with Gasteiger partial charge in [0.2, 0.25) is 0 Å². The van der Waals surface area contributed by atoms with Crippen molar-refractivity contribution in [3.05, 3.63) is 59.7 Å². The van der Waals surface area contributed by atoms with Gasteiger partial charge in [0.15, 0.2) is 5.82 Å². The molecule has 1 aliphatic heterocycles. The second kappa shape index (κ2) is 10.1. The first-order valence-electron chi connectivity index (χ1n) is 13.8. The van der Waals surface area contributed by atoms with Gasteiger partial charge in [-0.1, -0.05) is 37.3 Å². The summed E-state index contributed by atoms with van der Waals surface area (Å²) in [5.41, 5.74) is 2.02. The van der Waals surface area contributed by atoms with E-state index in [1.54, 1.807) is 12.1 Å². The van der Waals surface area contributed by atoms with Crippen molar-refractivity contribution in [2.45, 2.75) is 45.4 Å². The predicted molar refractivity (Wildman–Crippen MR) is 149 cm³/mol. The molecule has 1 saturated carbocycles. The van der Waals surface area contributed by atoms with Crippen LogP contribution >= 0.6 is 0 Å². The Bertz CT molecular complexity index is 1500. The van der Waals surface area contributed by atoms with Crippen molar-refractivity contribution >= 4 is 27.5 Å². The standard InChI is InChI=1S/C31H34F2N4O/c1-3-21-25(32)13-10-20-8-7-9-22(26(20)21)23-11-12-24-28(27(23)33)35-30(38-19-31(14-15-31)18-34-2)36-29(24)37-16-5-4-6-17-37/h7-13,34H,3-6,14-19H2,1-2H3. The van der Waals surface area contributed by atoms with Crippen molar-refractivity contribution in [3.8, 4) is 17.1 Å². The molecular formula is C31H34F2N4O. The molecular weight excluding hydrogens is 482 g/mol. The van der Waals surface area contributed by atoms with Crippen LogP contribution in [0.1, 0.15) is 44.6 Å². The van der Waals surface area contributed by atoms with Gasteiger partial charge in [0, 0.05) is 36.0 Å². The maximum absolute atomic E-state index is 16.5. The second-order valence-electron chi connectivity index (χ2n) is 10.8. The number of hydrogen-bond acceptors (Lipinski definition) is 5. The summed E-state index contributed by atoms with van der Waals surface area (Å²) in [7, 11) is 1.95. The zero-order valence-corrected chi connectivity index (χ0v) is 22.1. The number of anilines is 1. The molecule has 0 bridgehead atoms. The lowest BCUT2D eigenvalue weighted by Crippen LogP contribution is -2.31. The topological polar surface area (TPSA) is 50.3 Å². The normalized spacial score (nSPS) is 16.8.